The molecule has 0 amide bonds. The Bertz CT molecular complexity index is 278. The lowest BCUT2D eigenvalue weighted by Gasteiger charge is -2.24. The minimum atomic E-state index is 0.320. The van der Waals surface area contributed by atoms with Crippen molar-refractivity contribution in [2.45, 2.75) is 39.2 Å². The summed E-state index contributed by atoms with van der Waals surface area (Å²) in [5.41, 5.74) is 2.92. The third-order valence-corrected chi connectivity index (χ3v) is 3.16. The Morgan fingerprint density at radius 3 is 2.53 bits per heavy atom. The van der Waals surface area contributed by atoms with Crippen LogP contribution in [-0.4, -0.2) is 15.6 Å². The molecule has 0 saturated heterocycles. The first-order valence-corrected chi connectivity index (χ1v) is 5.65. The third-order valence-electron chi connectivity index (χ3n) is 3.16. The number of hydrogen-bond acceptors (Lipinski definition) is 3. The molecular formula is C11H22N4. The molecule has 1 heterocycles. The van der Waals surface area contributed by atoms with E-state index in [0.29, 0.717) is 12.0 Å². The van der Waals surface area contributed by atoms with Gasteiger partial charge in [0.15, 0.2) is 0 Å². The third kappa shape index (κ3) is 3.04. The van der Waals surface area contributed by atoms with Crippen molar-refractivity contribution in [3.05, 3.63) is 18.2 Å². The smallest absolute Gasteiger partial charge is 0.109 e. The Morgan fingerprint density at radius 1 is 1.47 bits per heavy atom. The summed E-state index contributed by atoms with van der Waals surface area (Å²) < 4.78 is 2.05. The van der Waals surface area contributed by atoms with Gasteiger partial charge in [0, 0.05) is 31.9 Å². The van der Waals surface area contributed by atoms with Gasteiger partial charge in [0.1, 0.15) is 5.82 Å². The summed E-state index contributed by atoms with van der Waals surface area (Å²) in [5, 5.41) is 0. The summed E-state index contributed by atoms with van der Waals surface area (Å²) in [4.78, 5) is 4.32. The molecule has 0 radical (unpaired) electrons. The van der Waals surface area contributed by atoms with Crippen LogP contribution in [0.4, 0.5) is 0 Å². The fraction of sp³-hybridized carbons (Fsp3) is 0.727. The van der Waals surface area contributed by atoms with E-state index in [4.69, 9.17) is 5.84 Å². The predicted molar refractivity (Wildman–Crippen MR) is 62.1 cm³/mol. The van der Waals surface area contributed by atoms with Gasteiger partial charge in [-0.3, -0.25) is 11.3 Å². The number of hydrazine groups is 1. The molecule has 1 atom stereocenters. The average molecular weight is 210 g/mol. The van der Waals surface area contributed by atoms with E-state index in [0.717, 1.165) is 25.1 Å². The van der Waals surface area contributed by atoms with Crippen LogP contribution in [0.15, 0.2) is 12.4 Å². The van der Waals surface area contributed by atoms with E-state index < -0.39 is 0 Å². The topological polar surface area (TPSA) is 55.9 Å². The number of rotatable bonds is 6. The highest BCUT2D eigenvalue weighted by atomic mass is 15.2. The van der Waals surface area contributed by atoms with Crippen LogP contribution >= 0.6 is 0 Å². The van der Waals surface area contributed by atoms with Crippen molar-refractivity contribution in [2.24, 2.45) is 18.8 Å². The van der Waals surface area contributed by atoms with Crippen LogP contribution in [0.2, 0.25) is 0 Å². The lowest BCUT2D eigenvalue weighted by atomic mass is 9.92. The molecule has 4 nitrogen and oxygen atoms in total. The van der Waals surface area contributed by atoms with E-state index in [-0.39, 0.29) is 0 Å². The summed E-state index contributed by atoms with van der Waals surface area (Å²) in [5.74, 6) is 7.31. The normalized spacial score (nSPS) is 13.4. The van der Waals surface area contributed by atoms with Crippen LogP contribution in [0.5, 0.6) is 0 Å². The number of nitrogens with one attached hydrogen (secondary N) is 1. The zero-order valence-electron chi connectivity index (χ0n) is 9.90. The Morgan fingerprint density at radius 2 is 2.13 bits per heavy atom. The molecule has 1 aromatic heterocycles. The second kappa shape index (κ2) is 5.88. The molecule has 1 aromatic rings. The standard InChI is InChI=1S/C11H22N4/c1-4-9(5-2)10(14-12)8-11-13-6-7-15(11)3/h6-7,9-10,14H,4-5,8,12H2,1-3H3. The van der Waals surface area contributed by atoms with Gasteiger partial charge in [-0.1, -0.05) is 26.7 Å². The van der Waals surface area contributed by atoms with E-state index in [9.17, 15) is 0 Å². The first-order chi connectivity index (χ1) is 7.22. The van der Waals surface area contributed by atoms with Crippen molar-refractivity contribution in [1.82, 2.24) is 15.0 Å². The van der Waals surface area contributed by atoms with Gasteiger partial charge < -0.3 is 4.57 Å². The molecule has 0 aromatic carbocycles. The van der Waals surface area contributed by atoms with Crippen LogP contribution in [0.25, 0.3) is 0 Å². The van der Waals surface area contributed by atoms with Crippen molar-refractivity contribution < 1.29 is 0 Å². The molecule has 0 spiro atoms. The maximum atomic E-state index is 5.60. The second-order valence-electron chi connectivity index (χ2n) is 4.01. The number of nitrogens with two attached hydrogens (primary N) is 1. The van der Waals surface area contributed by atoms with E-state index in [2.05, 4.69) is 24.3 Å². The predicted octanol–water partition coefficient (Wildman–Crippen LogP) is 1.23. The van der Waals surface area contributed by atoms with Crippen molar-refractivity contribution in [1.29, 1.82) is 0 Å². The van der Waals surface area contributed by atoms with Crippen LogP contribution in [0, 0.1) is 5.92 Å². The van der Waals surface area contributed by atoms with E-state index in [1.54, 1.807) is 0 Å². The highest BCUT2D eigenvalue weighted by molar-refractivity contribution is 4.95. The lowest BCUT2D eigenvalue weighted by Crippen LogP contribution is -2.42. The van der Waals surface area contributed by atoms with E-state index >= 15 is 0 Å². The molecule has 0 fully saturated rings. The highest BCUT2D eigenvalue weighted by Gasteiger charge is 2.18. The summed E-state index contributed by atoms with van der Waals surface area (Å²) in [6.45, 7) is 4.41. The van der Waals surface area contributed by atoms with E-state index in [1.807, 2.05) is 24.0 Å². The number of hydrogen-bond donors (Lipinski definition) is 2. The summed E-state index contributed by atoms with van der Waals surface area (Å²) in [6, 6.07) is 0.320. The Balaban J connectivity index is 2.64. The molecule has 4 heteroatoms. The van der Waals surface area contributed by atoms with Crippen LogP contribution < -0.4 is 11.3 Å². The van der Waals surface area contributed by atoms with Gasteiger partial charge in [0.05, 0.1) is 0 Å². The van der Waals surface area contributed by atoms with Gasteiger partial charge in [0.25, 0.3) is 0 Å². The average Bonchev–Trinajstić information content (AvgIpc) is 2.64. The Labute approximate surface area is 91.8 Å². The largest absolute Gasteiger partial charge is 0.338 e. The van der Waals surface area contributed by atoms with Crippen LogP contribution in [0.1, 0.15) is 32.5 Å². The highest BCUT2D eigenvalue weighted by Crippen LogP contribution is 2.15. The lowest BCUT2D eigenvalue weighted by molar-refractivity contribution is 0.330. The molecule has 86 valence electrons. The maximum absolute atomic E-state index is 5.60. The Hall–Kier alpha value is -0.870. The molecule has 1 rings (SSSR count). The number of aromatic nitrogens is 2. The molecule has 0 saturated carbocycles. The molecule has 0 bridgehead atoms. The zero-order valence-corrected chi connectivity index (χ0v) is 9.90. The molecule has 3 N–H and O–H groups in total. The van der Waals surface area contributed by atoms with Gasteiger partial charge in [-0.15, -0.1) is 0 Å². The fourth-order valence-electron chi connectivity index (χ4n) is 2.01. The van der Waals surface area contributed by atoms with Gasteiger partial charge in [-0.05, 0) is 5.92 Å². The monoisotopic (exact) mass is 210 g/mol. The summed E-state index contributed by atoms with van der Waals surface area (Å²) >= 11 is 0. The first-order valence-electron chi connectivity index (χ1n) is 5.65. The summed E-state index contributed by atoms with van der Waals surface area (Å²) in [7, 11) is 2.02. The molecule has 0 aliphatic rings. The van der Waals surface area contributed by atoms with Gasteiger partial charge in [-0.25, -0.2) is 4.98 Å². The number of imidazole rings is 1. The summed E-state index contributed by atoms with van der Waals surface area (Å²) in [6.07, 6.45) is 6.99. The minimum Gasteiger partial charge on any atom is -0.338 e. The second-order valence-corrected chi connectivity index (χ2v) is 4.01. The van der Waals surface area contributed by atoms with Crippen LogP contribution in [-0.2, 0) is 13.5 Å². The van der Waals surface area contributed by atoms with Crippen molar-refractivity contribution in [3.63, 3.8) is 0 Å². The SMILES string of the molecule is CCC(CC)C(Cc1nccn1C)NN. The van der Waals surface area contributed by atoms with Crippen molar-refractivity contribution in [3.8, 4) is 0 Å². The maximum Gasteiger partial charge on any atom is 0.109 e. The van der Waals surface area contributed by atoms with Crippen molar-refractivity contribution >= 4 is 0 Å². The minimum absolute atomic E-state index is 0.320. The molecular weight excluding hydrogens is 188 g/mol. The number of aryl methyl sites for hydroxylation is 1. The van der Waals surface area contributed by atoms with Gasteiger partial charge >= 0.3 is 0 Å². The first kappa shape index (κ1) is 12.2. The molecule has 0 aliphatic heterocycles. The molecule has 0 aliphatic carbocycles. The Kier molecular flexibility index (Phi) is 4.78. The van der Waals surface area contributed by atoms with Gasteiger partial charge in [-0.2, -0.15) is 0 Å². The molecule has 15 heavy (non-hydrogen) atoms. The van der Waals surface area contributed by atoms with Crippen LogP contribution in [0.3, 0.4) is 0 Å². The molecule has 1 unspecified atom stereocenters. The zero-order chi connectivity index (χ0) is 11.3. The quantitative estimate of drug-likeness (QED) is 0.548. The fourth-order valence-corrected chi connectivity index (χ4v) is 2.01. The van der Waals surface area contributed by atoms with E-state index in [1.165, 1.54) is 0 Å². The van der Waals surface area contributed by atoms with Gasteiger partial charge in [0.2, 0.25) is 0 Å². The van der Waals surface area contributed by atoms with Crippen molar-refractivity contribution in [2.75, 3.05) is 0 Å². The number of nitrogens with zero attached hydrogens (tertiary/aromatic N) is 2.